The summed E-state index contributed by atoms with van der Waals surface area (Å²) >= 11 is 0. The van der Waals surface area contributed by atoms with Crippen molar-refractivity contribution in [1.29, 1.82) is 0 Å². The number of nitrogens with zero attached hydrogens (tertiary/aromatic N) is 4. The van der Waals surface area contributed by atoms with Crippen molar-refractivity contribution in [1.82, 2.24) is 19.9 Å². The molecule has 1 aliphatic rings. The molecule has 0 aliphatic carbocycles. The van der Waals surface area contributed by atoms with Crippen LogP contribution in [0.1, 0.15) is 29.8 Å². The van der Waals surface area contributed by atoms with Crippen LogP contribution in [0.25, 0.3) is 5.82 Å². The van der Waals surface area contributed by atoms with E-state index in [9.17, 15) is 13.2 Å². The Morgan fingerprint density at radius 1 is 1.27 bits per heavy atom. The number of nitrogens with two attached hydrogens (primary N) is 1. The number of benzene rings is 1. The zero-order valence-corrected chi connectivity index (χ0v) is 19.4. The van der Waals surface area contributed by atoms with Gasteiger partial charge < -0.3 is 15.8 Å². The fourth-order valence-corrected chi connectivity index (χ4v) is 3.95. The Labute approximate surface area is 196 Å². The molecule has 1 aliphatic heterocycles. The van der Waals surface area contributed by atoms with Gasteiger partial charge in [-0.15, -0.1) is 16.8 Å². The number of imidazole rings is 1. The van der Waals surface area contributed by atoms with E-state index in [1.54, 1.807) is 73.7 Å². The number of nitrogens with one attached hydrogen (secondary N) is 2. The highest BCUT2D eigenvalue weighted by atomic mass is 35.5. The number of pyridine rings is 1. The second kappa shape index (κ2) is 9.08. The fraction of sp³-hybridized carbons (Fsp3) is 0.200. The van der Waals surface area contributed by atoms with E-state index >= 15 is 0 Å². The number of amides is 1. The molecule has 0 atom stereocenters. The van der Waals surface area contributed by atoms with Crippen LogP contribution in [0.2, 0.25) is 0 Å². The quantitative estimate of drug-likeness (QED) is 0.473. The number of rotatable bonds is 6. The molecule has 0 bridgehead atoms. The summed E-state index contributed by atoms with van der Waals surface area (Å²) in [5, 5.41) is 2.93. The van der Waals surface area contributed by atoms with Crippen LogP contribution in [0.15, 0.2) is 59.6 Å². The molecule has 0 saturated heterocycles. The molecule has 0 fully saturated rings. The molecule has 2 aromatic heterocycles. The van der Waals surface area contributed by atoms with Gasteiger partial charge in [0.2, 0.25) is 0 Å². The van der Waals surface area contributed by atoms with E-state index in [2.05, 4.69) is 24.4 Å². The summed E-state index contributed by atoms with van der Waals surface area (Å²) in [5.74, 6) is 0.448. The van der Waals surface area contributed by atoms with Gasteiger partial charge in [0, 0.05) is 24.2 Å². The number of anilines is 1. The van der Waals surface area contributed by atoms with Crippen molar-refractivity contribution in [2.75, 3.05) is 11.3 Å². The van der Waals surface area contributed by atoms with Gasteiger partial charge >= 0.3 is 10.2 Å². The number of fused-ring (bicyclic) bond motifs is 1. The van der Waals surface area contributed by atoms with E-state index in [0.717, 1.165) is 0 Å². The lowest BCUT2D eigenvalue weighted by atomic mass is 10.1. The fourth-order valence-electron chi connectivity index (χ4n) is 3.11. The van der Waals surface area contributed by atoms with E-state index in [1.807, 2.05) is 0 Å². The highest BCUT2D eigenvalue weighted by molar-refractivity contribution is 7.91. The van der Waals surface area contributed by atoms with Crippen molar-refractivity contribution in [3.8, 4) is 11.6 Å². The van der Waals surface area contributed by atoms with E-state index in [4.69, 9.17) is 10.5 Å². The van der Waals surface area contributed by atoms with Crippen LogP contribution >= 0.6 is 12.4 Å². The molecule has 1 aromatic carbocycles. The van der Waals surface area contributed by atoms with Crippen LogP contribution in [0.5, 0.6) is 5.75 Å². The monoisotopic (exact) mass is 491 g/mol. The molecular weight excluding hydrogens is 470 g/mol. The molecule has 13 heteroatoms. The van der Waals surface area contributed by atoms with E-state index in [-0.39, 0.29) is 36.4 Å². The van der Waals surface area contributed by atoms with Crippen molar-refractivity contribution < 1.29 is 17.9 Å². The smallest absolute Gasteiger partial charge is 0.344 e. The Morgan fingerprint density at radius 2 is 2.06 bits per heavy atom. The van der Waals surface area contributed by atoms with Gasteiger partial charge in [0.05, 0.1) is 16.8 Å². The third kappa shape index (κ3) is 5.41. The van der Waals surface area contributed by atoms with E-state index in [1.165, 1.54) is 0 Å². The normalized spacial score (nSPS) is 14.2. The Morgan fingerprint density at radius 3 is 2.79 bits per heavy atom. The highest BCUT2D eigenvalue weighted by Gasteiger charge is 2.27. The molecule has 33 heavy (non-hydrogen) atoms. The minimum Gasteiger partial charge on any atom is -0.490 e. The summed E-state index contributed by atoms with van der Waals surface area (Å²) in [7, 11) is -3.88. The summed E-state index contributed by atoms with van der Waals surface area (Å²) in [6.07, 6.45) is 6.50. The van der Waals surface area contributed by atoms with Crippen molar-refractivity contribution in [2.24, 2.45) is 10.1 Å². The van der Waals surface area contributed by atoms with Crippen LogP contribution in [0, 0.1) is 0 Å². The van der Waals surface area contributed by atoms with Crippen LogP contribution in [-0.2, 0) is 10.2 Å². The molecule has 11 nitrogen and oxygen atoms in total. The first-order valence-corrected chi connectivity index (χ1v) is 11.0. The third-order valence-corrected chi connectivity index (χ3v) is 5.47. The molecule has 3 aromatic rings. The Bertz CT molecular complexity index is 1310. The number of hydrogen-bond acceptors (Lipinski definition) is 7. The number of ether oxygens (including phenoxy) is 1. The number of amidine groups is 1. The van der Waals surface area contributed by atoms with Gasteiger partial charge in [0.15, 0.2) is 5.84 Å². The molecular formula is C20H22ClN7O4S. The maximum absolute atomic E-state index is 12.8. The lowest BCUT2D eigenvalue weighted by molar-refractivity contribution is 0.0880. The summed E-state index contributed by atoms with van der Waals surface area (Å²) in [6.45, 7) is 3.70. The minimum atomic E-state index is -3.88. The van der Waals surface area contributed by atoms with Crippen LogP contribution in [0.4, 0.5) is 5.69 Å². The summed E-state index contributed by atoms with van der Waals surface area (Å²) < 4.78 is 36.8. The Kier molecular flexibility index (Phi) is 6.60. The molecule has 0 unspecified atom stereocenters. The van der Waals surface area contributed by atoms with Gasteiger partial charge in [-0.05, 0) is 38.1 Å². The lowest BCUT2D eigenvalue weighted by Crippen LogP contribution is -2.48. The van der Waals surface area contributed by atoms with Gasteiger partial charge in [-0.2, -0.15) is 8.42 Å². The molecule has 4 rings (SSSR count). The number of aromatic nitrogens is 3. The average molecular weight is 492 g/mol. The molecule has 0 spiro atoms. The van der Waals surface area contributed by atoms with Crippen molar-refractivity contribution in [3.63, 3.8) is 0 Å². The number of halogens is 1. The maximum atomic E-state index is 12.8. The Hall–Kier alpha value is -3.64. The first-order valence-electron chi connectivity index (χ1n) is 9.55. The van der Waals surface area contributed by atoms with Crippen LogP contribution < -0.4 is 20.5 Å². The summed E-state index contributed by atoms with van der Waals surface area (Å²) in [6, 6.07) is 8.12. The average Bonchev–Trinajstić information content (AvgIpc) is 3.26. The SMILES string of the molecule is CC(C)(COc1cccc2c1C(N)=NS(=O)(=O)N2)NC(=O)c1ccnc(-n2ccnc2)c1.Cl. The first kappa shape index (κ1) is 24.0. The zero-order valence-electron chi connectivity index (χ0n) is 17.7. The number of carbonyl (C=O) groups is 1. The van der Waals surface area contributed by atoms with Crippen LogP contribution in [0.3, 0.4) is 0 Å². The molecule has 0 saturated carbocycles. The van der Waals surface area contributed by atoms with Gasteiger partial charge in [0.1, 0.15) is 24.5 Å². The molecule has 4 N–H and O–H groups in total. The van der Waals surface area contributed by atoms with E-state index in [0.29, 0.717) is 22.7 Å². The molecule has 3 heterocycles. The first-order chi connectivity index (χ1) is 15.1. The number of carbonyl (C=O) groups excluding carboxylic acids is 1. The maximum Gasteiger partial charge on any atom is 0.344 e. The van der Waals surface area contributed by atoms with Gasteiger partial charge in [-0.25, -0.2) is 9.97 Å². The van der Waals surface area contributed by atoms with Crippen molar-refractivity contribution in [2.45, 2.75) is 19.4 Å². The topological polar surface area (TPSA) is 154 Å². The van der Waals surface area contributed by atoms with Gasteiger partial charge in [0.25, 0.3) is 5.91 Å². The van der Waals surface area contributed by atoms with E-state index < -0.39 is 15.7 Å². The predicted molar refractivity (Wildman–Crippen MR) is 125 cm³/mol. The second-order valence-corrected chi connectivity index (χ2v) is 9.07. The Balaban J connectivity index is 0.00000306. The zero-order chi connectivity index (χ0) is 22.9. The number of hydrogen-bond donors (Lipinski definition) is 3. The van der Waals surface area contributed by atoms with Gasteiger partial charge in [-0.1, -0.05) is 6.07 Å². The van der Waals surface area contributed by atoms with Gasteiger partial charge in [-0.3, -0.25) is 14.1 Å². The lowest BCUT2D eigenvalue weighted by Gasteiger charge is -2.27. The minimum absolute atomic E-state index is 0. The highest BCUT2D eigenvalue weighted by Crippen LogP contribution is 2.30. The van der Waals surface area contributed by atoms with Crippen molar-refractivity contribution >= 4 is 40.0 Å². The third-order valence-electron chi connectivity index (χ3n) is 4.56. The molecule has 0 radical (unpaired) electrons. The molecule has 174 valence electrons. The summed E-state index contributed by atoms with van der Waals surface area (Å²) in [4.78, 5) is 21.0. The summed E-state index contributed by atoms with van der Waals surface area (Å²) in [5.41, 5.74) is 6.14. The largest absolute Gasteiger partial charge is 0.490 e. The predicted octanol–water partition coefficient (Wildman–Crippen LogP) is 1.65. The van der Waals surface area contributed by atoms with Crippen molar-refractivity contribution in [3.05, 3.63) is 66.4 Å². The standard InChI is InChI=1S/C20H21N7O4S.ClH/c1-20(2,24-19(28)13-6-7-23-16(10-13)27-9-8-22-12-27)11-31-15-5-3-4-14-17(15)18(21)26-32(29,30)25-14;/h3-10,12,25H,11H2,1-2H3,(H2,21,26)(H,24,28);1H. The van der Waals surface area contributed by atoms with Crippen LogP contribution in [-0.4, -0.2) is 46.8 Å². The molecule has 1 amide bonds. The second-order valence-electron chi connectivity index (χ2n) is 7.73.